The van der Waals surface area contributed by atoms with Gasteiger partial charge in [0.25, 0.3) is 5.69 Å². The number of rotatable bonds is 8. The van der Waals surface area contributed by atoms with Crippen molar-refractivity contribution < 1.29 is 19.2 Å². The first-order valence-electron chi connectivity index (χ1n) is 8.74. The van der Waals surface area contributed by atoms with Crippen molar-refractivity contribution in [3.8, 4) is 11.3 Å². The van der Waals surface area contributed by atoms with E-state index in [2.05, 4.69) is 15.2 Å². The number of carbonyl (C=O) groups is 1. The van der Waals surface area contributed by atoms with Crippen LogP contribution >= 0.6 is 11.8 Å². The number of aromatic nitrogens is 3. The van der Waals surface area contributed by atoms with Crippen molar-refractivity contribution in [2.75, 3.05) is 0 Å². The summed E-state index contributed by atoms with van der Waals surface area (Å²) in [5, 5.41) is 29.4. The molecule has 2 heterocycles. The number of carbonyl (C=O) groups excluding carboxylic acids is 1. The molecule has 29 heavy (non-hydrogen) atoms. The van der Waals surface area contributed by atoms with E-state index in [9.17, 15) is 20.0 Å². The molecule has 0 bridgehead atoms. The fourth-order valence-corrected chi connectivity index (χ4v) is 3.34. The number of nitrogens with one attached hydrogen (secondary N) is 1. The van der Waals surface area contributed by atoms with Gasteiger partial charge in [0.15, 0.2) is 0 Å². The van der Waals surface area contributed by atoms with Crippen molar-refractivity contribution in [1.82, 2.24) is 15.2 Å². The molecule has 0 aliphatic carbocycles. The number of nitro groups is 1. The van der Waals surface area contributed by atoms with Gasteiger partial charge in [-0.25, -0.2) is 4.98 Å². The first kappa shape index (κ1) is 20.3. The van der Waals surface area contributed by atoms with Crippen LogP contribution in [0.4, 0.5) is 5.69 Å². The molecule has 0 amide bonds. The standard InChI is InChI=1S/C19H18N4O5S/c1-3-4-17-20-19(22-21-17)29-16(18(24)25)10-13-6-8-15(28-13)14-7-5-12(23(26)27)9-11(14)2/h5-10H,3-4H2,1-2H3,(H,24,25)(H,20,21,22)/p-1/b16-10+. The summed E-state index contributed by atoms with van der Waals surface area (Å²) >= 11 is 0.862. The van der Waals surface area contributed by atoms with Gasteiger partial charge in [0.1, 0.15) is 17.3 Å². The number of furan rings is 1. The molecule has 1 aromatic carbocycles. The predicted molar refractivity (Wildman–Crippen MR) is 105 cm³/mol. The molecule has 10 heteroatoms. The van der Waals surface area contributed by atoms with Gasteiger partial charge in [-0.05, 0) is 54.9 Å². The molecular weight excluding hydrogens is 396 g/mol. The number of nitro benzene ring substituents is 1. The number of hydrogen-bond donors (Lipinski definition) is 1. The lowest BCUT2D eigenvalue weighted by Crippen LogP contribution is -2.23. The number of nitrogens with zero attached hydrogens (tertiary/aromatic N) is 3. The number of carboxylic acid groups (broad SMARTS) is 1. The highest BCUT2D eigenvalue weighted by Crippen LogP contribution is 2.31. The van der Waals surface area contributed by atoms with Gasteiger partial charge in [-0.1, -0.05) is 6.92 Å². The van der Waals surface area contributed by atoms with E-state index in [-0.39, 0.29) is 15.7 Å². The molecule has 2 aromatic heterocycles. The first-order valence-corrected chi connectivity index (χ1v) is 9.56. The highest BCUT2D eigenvalue weighted by molar-refractivity contribution is 8.04. The average Bonchev–Trinajstić information content (AvgIpc) is 3.31. The Morgan fingerprint density at radius 1 is 1.34 bits per heavy atom. The SMILES string of the molecule is CCCc1nc(S/C(=C/c2ccc(-c3ccc([N+](=O)[O-])cc3C)o2)C(=O)[O-])n[nH]1. The molecule has 0 aliphatic rings. The Labute approximate surface area is 170 Å². The number of H-pyrrole nitrogens is 1. The van der Waals surface area contributed by atoms with Crippen LogP contribution in [0, 0.1) is 17.0 Å². The summed E-state index contributed by atoms with van der Waals surface area (Å²) in [5.41, 5.74) is 1.33. The third-order valence-electron chi connectivity index (χ3n) is 3.99. The second kappa shape index (κ2) is 8.74. The summed E-state index contributed by atoms with van der Waals surface area (Å²) < 4.78 is 5.71. The van der Waals surface area contributed by atoms with Crippen LogP contribution in [0.2, 0.25) is 0 Å². The second-order valence-electron chi connectivity index (χ2n) is 6.17. The zero-order chi connectivity index (χ0) is 21.0. The van der Waals surface area contributed by atoms with E-state index >= 15 is 0 Å². The Bertz CT molecular complexity index is 1090. The Morgan fingerprint density at radius 2 is 2.14 bits per heavy atom. The Morgan fingerprint density at radius 3 is 2.79 bits per heavy atom. The molecule has 0 fully saturated rings. The summed E-state index contributed by atoms with van der Waals surface area (Å²) in [5.74, 6) is 0.0752. The monoisotopic (exact) mass is 413 g/mol. The van der Waals surface area contributed by atoms with Crippen molar-refractivity contribution in [3.05, 3.63) is 62.5 Å². The van der Waals surface area contributed by atoms with Crippen LogP contribution in [0.25, 0.3) is 17.4 Å². The highest BCUT2D eigenvalue weighted by atomic mass is 32.2. The number of thioether (sulfide) groups is 1. The molecule has 0 saturated heterocycles. The number of aromatic amines is 1. The zero-order valence-corrected chi connectivity index (χ0v) is 16.5. The number of benzene rings is 1. The van der Waals surface area contributed by atoms with Crippen molar-refractivity contribution in [1.29, 1.82) is 0 Å². The van der Waals surface area contributed by atoms with Crippen molar-refractivity contribution in [3.63, 3.8) is 0 Å². The topological polar surface area (TPSA) is 138 Å². The summed E-state index contributed by atoms with van der Waals surface area (Å²) in [6.45, 7) is 3.74. The van der Waals surface area contributed by atoms with E-state index in [0.29, 0.717) is 34.9 Å². The molecule has 150 valence electrons. The summed E-state index contributed by atoms with van der Waals surface area (Å²) in [6, 6.07) is 7.72. The van der Waals surface area contributed by atoms with Crippen LogP contribution in [0.15, 0.2) is 44.8 Å². The van der Waals surface area contributed by atoms with Gasteiger partial charge in [0, 0.05) is 29.0 Å². The molecule has 3 aromatic rings. The van der Waals surface area contributed by atoms with Crippen molar-refractivity contribution in [2.24, 2.45) is 0 Å². The third-order valence-corrected chi connectivity index (χ3v) is 4.86. The molecule has 0 atom stereocenters. The van der Waals surface area contributed by atoms with Crippen LogP contribution in [0.1, 0.15) is 30.5 Å². The van der Waals surface area contributed by atoms with Crippen LogP contribution in [0.5, 0.6) is 0 Å². The largest absolute Gasteiger partial charge is 0.544 e. The fourth-order valence-electron chi connectivity index (χ4n) is 2.64. The molecule has 0 unspecified atom stereocenters. The molecule has 0 spiro atoms. The summed E-state index contributed by atoms with van der Waals surface area (Å²) in [4.78, 5) is 26.0. The van der Waals surface area contributed by atoms with Gasteiger partial charge in [-0.2, -0.15) is 0 Å². The van der Waals surface area contributed by atoms with Gasteiger partial charge in [0.05, 0.1) is 10.9 Å². The van der Waals surface area contributed by atoms with Crippen molar-refractivity contribution >= 4 is 29.5 Å². The number of carboxylic acids is 1. The Kier molecular flexibility index (Phi) is 6.13. The zero-order valence-electron chi connectivity index (χ0n) is 15.7. The van der Waals surface area contributed by atoms with Gasteiger partial charge in [-0.15, -0.1) is 5.10 Å². The lowest BCUT2D eigenvalue weighted by Gasteiger charge is -2.05. The molecule has 9 nitrogen and oxygen atoms in total. The maximum absolute atomic E-state index is 11.5. The van der Waals surface area contributed by atoms with Gasteiger partial charge in [0.2, 0.25) is 5.16 Å². The summed E-state index contributed by atoms with van der Waals surface area (Å²) in [7, 11) is 0. The smallest absolute Gasteiger partial charge is 0.269 e. The lowest BCUT2D eigenvalue weighted by atomic mass is 10.1. The lowest BCUT2D eigenvalue weighted by molar-refractivity contribution is -0.384. The minimum absolute atomic E-state index is 0.0116. The van der Waals surface area contributed by atoms with Crippen LogP contribution in [-0.2, 0) is 11.2 Å². The maximum atomic E-state index is 11.5. The van der Waals surface area contributed by atoms with Crippen molar-refractivity contribution in [2.45, 2.75) is 31.8 Å². The van der Waals surface area contributed by atoms with E-state index in [0.717, 1.165) is 18.2 Å². The van der Waals surface area contributed by atoms with E-state index < -0.39 is 10.9 Å². The van der Waals surface area contributed by atoms with Gasteiger partial charge in [-0.3, -0.25) is 15.2 Å². The highest BCUT2D eigenvalue weighted by Gasteiger charge is 2.13. The quantitative estimate of drug-likeness (QED) is 0.257. The minimum atomic E-state index is -1.37. The van der Waals surface area contributed by atoms with E-state index in [1.807, 2.05) is 6.92 Å². The number of aryl methyl sites for hydroxylation is 2. The number of hydrogen-bond acceptors (Lipinski definition) is 8. The second-order valence-corrected chi connectivity index (χ2v) is 7.18. The third kappa shape index (κ3) is 4.91. The number of non-ortho nitro benzene ring substituents is 1. The van der Waals surface area contributed by atoms with E-state index in [4.69, 9.17) is 4.42 Å². The molecular formula is C19H17N4O5S-. The normalized spacial score (nSPS) is 11.6. The maximum Gasteiger partial charge on any atom is 0.269 e. The van der Waals surface area contributed by atoms with Gasteiger partial charge < -0.3 is 14.3 Å². The molecule has 0 aliphatic heterocycles. The van der Waals surface area contributed by atoms with Crippen LogP contribution in [0.3, 0.4) is 0 Å². The number of aliphatic carboxylic acids is 1. The molecule has 0 radical (unpaired) electrons. The van der Waals surface area contributed by atoms with Gasteiger partial charge >= 0.3 is 0 Å². The first-order chi connectivity index (χ1) is 13.9. The molecule has 3 rings (SSSR count). The molecule has 0 saturated carbocycles. The van der Waals surface area contributed by atoms with E-state index in [1.54, 1.807) is 25.1 Å². The Balaban J connectivity index is 1.84. The minimum Gasteiger partial charge on any atom is -0.544 e. The Hall–Kier alpha value is -3.40. The van der Waals surface area contributed by atoms with Crippen LogP contribution in [-0.4, -0.2) is 26.1 Å². The summed E-state index contributed by atoms with van der Waals surface area (Å²) in [6.07, 6.45) is 2.94. The molecule has 1 N–H and O–H groups in total. The van der Waals surface area contributed by atoms with Crippen LogP contribution < -0.4 is 5.11 Å². The van der Waals surface area contributed by atoms with E-state index in [1.165, 1.54) is 18.2 Å². The fraction of sp³-hybridized carbons (Fsp3) is 0.211. The average molecular weight is 413 g/mol. The predicted octanol–water partition coefficient (Wildman–Crippen LogP) is 3.12.